The molecular weight excluding hydrogens is 354 g/mol. The molecule has 1 aliphatic rings. The largest absolute Gasteiger partial charge is 2.00 e. The minimum Gasteiger partial charge on any atom is -0.793 e. The second kappa shape index (κ2) is 18.7. The first-order chi connectivity index (χ1) is 5.85. The van der Waals surface area contributed by atoms with Crippen LogP contribution in [0.15, 0.2) is 0 Å². The molecule has 0 aliphatic carbocycles. The third kappa shape index (κ3) is 15.7. The molecule has 4 heteroatoms. The van der Waals surface area contributed by atoms with Crippen molar-refractivity contribution in [3.63, 3.8) is 0 Å². The van der Waals surface area contributed by atoms with Gasteiger partial charge in [-0.25, -0.2) is 0 Å². The Hall–Kier alpha value is 0.958. The molecule has 0 aromatic rings. The summed E-state index contributed by atoms with van der Waals surface area (Å²) in [4.78, 5) is 0. The van der Waals surface area contributed by atoms with E-state index in [1.807, 2.05) is 20.8 Å². The van der Waals surface area contributed by atoms with Gasteiger partial charge in [-0.2, -0.15) is 5.75 Å². The van der Waals surface area contributed by atoms with Gasteiger partial charge < -0.3 is 23.1 Å². The van der Waals surface area contributed by atoms with E-state index >= 15 is 0 Å². The Balaban J connectivity index is -0.000000146. The molecule has 2 nitrogen and oxygen atoms in total. The van der Waals surface area contributed by atoms with Crippen LogP contribution in [0.2, 0.25) is 0 Å². The van der Waals surface area contributed by atoms with E-state index in [1.54, 1.807) is 0 Å². The average molecular weight is 375 g/mol. The van der Waals surface area contributed by atoms with Gasteiger partial charge in [-0.05, 0) is 0 Å². The zero-order valence-corrected chi connectivity index (χ0v) is 12.6. The predicted octanol–water partition coefficient (Wildman–Crippen LogP) is 2.09. The summed E-state index contributed by atoms with van der Waals surface area (Å²) in [7, 11) is 0. The van der Waals surface area contributed by atoms with E-state index in [2.05, 4.69) is 17.9 Å². The maximum Gasteiger partial charge on any atom is 2.00 e. The first kappa shape index (κ1) is 19.5. The Labute approximate surface area is 103 Å². The van der Waals surface area contributed by atoms with Gasteiger partial charge in [0.2, 0.25) is 0 Å². The fourth-order valence-electron chi connectivity index (χ4n) is 0.841. The molecule has 1 heterocycles. The second-order valence-corrected chi connectivity index (χ2v) is 2.75. The summed E-state index contributed by atoms with van der Waals surface area (Å²) in [6, 6.07) is 0.278. The molecule has 0 spiro atoms. The Morgan fingerprint density at radius 3 is 2.08 bits per heavy atom. The maximum atomic E-state index is 8.47. The molecule has 0 amide bonds. The number of aliphatic hydroxyl groups is 1. The minimum atomic E-state index is 0. The normalized spacial score (nSPS) is 18.7. The first-order valence-corrected chi connectivity index (χ1v) is 5.28. The quantitative estimate of drug-likeness (QED) is 0.713. The molecule has 1 N–H and O–H groups in total. The van der Waals surface area contributed by atoms with Crippen LogP contribution in [0, 0.1) is 0 Å². The van der Waals surface area contributed by atoms with Gasteiger partial charge in [0, 0.05) is 6.61 Å². The Morgan fingerprint density at radius 1 is 1.46 bits per heavy atom. The van der Waals surface area contributed by atoms with Gasteiger partial charge in [-0.3, -0.25) is 0 Å². The molecule has 1 saturated heterocycles. The van der Waals surface area contributed by atoms with Crippen LogP contribution in [-0.4, -0.2) is 30.1 Å². The fourth-order valence-corrected chi connectivity index (χ4v) is 0.841. The number of rotatable bonds is 1. The van der Waals surface area contributed by atoms with Crippen molar-refractivity contribution in [2.45, 2.75) is 39.7 Å². The van der Waals surface area contributed by atoms with Crippen LogP contribution in [0.4, 0.5) is 0 Å². The molecule has 1 unspecified atom stereocenters. The van der Waals surface area contributed by atoms with Crippen molar-refractivity contribution in [2.24, 2.45) is 0 Å². The van der Waals surface area contributed by atoms with Gasteiger partial charge in [0.25, 0.3) is 0 Å². The van der Waals surface area contributed by atoms with Crippen LogP contribution in [0.25, 0.3) is 5.32 Å². The van der Waals surface area contributed by atoms with E-state index in [9.17, 15) is 0 Å². The molecule has 0 bridgehead atoms. The SMILES string of the molecule is CC.CC[S-].OCC1CCC[N-]1.[W+2]. The third-order valence-corrected chi connectivity index (χ3v) is 1.29. The molecule has 1 fully saturated rings. The molecule has 0 saturated carbocycles. The zero-order valence-electron chi connectivity index (χ0n) is 8.82. The summed E-state index contributed by atoms with van der Waals surface area (Å²) in [6.07, 6.45) is 2.27. The summed E-state index contributed by atoms with van der Waals surface area (Å²) < 4.78 is 0. The number of hydrogen-bond acceptors (Lipinski definition) is 2. The van der Waals surface area contributed by atoms with Crippen molar-refractivity contribution in [1.29, 1.82) is 0 Å². The Kier molecular flexibility index (Phi) is 28.1. The van der Waals surface area contributed by atoms with Gasteiger partial charge in [0.15, 0.2) is 0 Å². The Morgan fingerprint density at radius 2 is 1.92 bits per heavy atom. The van der Waals surface area contributed by atoms with Gasteiger partial charge in [0.1, 0.15) is 0 Å². The zero-order chi connectivity index (χ0) is 9.82. The van der Waals surface area contributed by atoms with E-state index in [4.69, 9.17) is 5.11 Å². The van der Waals surface area contributed by atoms with E-state index in [-0.39, 0.29) is 33.7 Å². The summed E-state index contributed by atoms with van der Waals surface area (Å²) in [5.41, 5.74) is 0. The summed E-state index contributed by atoms with van der Waals surface area (Å²) >= 11 is 4.39. The Bertz CT molecular complexity index is 70.6. The third-order valence-electron chi connectivity index (χ3n) is 1.29. The van der Waals surface area contributed by atoms with Crippen LogP contribution in [-0.2, 0) is 33.7 Å². The molecule has 0 aromatic carbocycles. The smallest absolute Gasteiger partial charge is 0.793 e. The van der Waals surface area contributed by atoms with Gasteiger partial charge in [-0.1, -0.05) is 33.6 Å². The monoisotopic (exact) mass is 375 g/mol. The van der Waals surface area contributed by atoms with E-state index in [1.165, 1.54) is 6.42 Å². The summed E-state index contributed by atoms with van der Waals surface area (Å²) in [5.74, 6) is 0.833. The van der Waals surface area contributed by atoms with Crippen LogP contribution in [0.3, 0.4) is 0 Å². The molecular formula is C9H21NOSW. The van der Waals surface area contributed by atoms with Crippen molar-refractivity contribution in [2.75, 3.05) is 18.9 Å². The summed E-state index contributed by atoms with van der Waals surface area (Å²) in [6.45, 7) is 7.15. The molecule has 80 valence electrons. The molecule has 13 heavy (non-hydrogen) atoms. The number of aliphatic hydroxyl groups excluding tert-OH is 1. The topological polar surface area (TPSA) is 34.3 Å². The van der Waals surface area contributed by atoms with Gasteiger partial charge in [-0.15, -0.1) is 12.6 Å². The van der Waals surface area contributed by atoms with Gasteiger partial charge >= 0.3 is 21.1 Å². The van der Waals surface area contributed by atoms with Crippen LogP contribution in [0.5, 0.6) is 0 Å². The molecule has 1 rings (SSSR count). The minimum absolute atomic E-state index is 0. The van der Waals surface area contributed by atoms with Crippen LogP contribution < -0.4 is 0 Å². The molecule has 1 aliphatic heterocycles. The average Bonchev–Trinajstić information content (AvgIpc) is 2.61. The van der Waals surface area contributed by atoms with Crippen LogP contribution >= 0.6 is 0 Å². The van der Waals surface area contributed by atoms with Crippen molar-refractivity contribution < 1.29 is 26.2 Å². The molecule has 0 radical (unpaired) electrons. The summed E-state index contributed by atoms with van der Waals surface area (Å²) in [5, 5.41) is 12.6. The van der Waals surface area contributed by atoms with Gasteiger partial charge in [0.05, 0.1) is 0 Å². The molecule has 0 aromatic heterocycles. The van der Waals surface area contributed by atoms with Crippen molar-refractivity contribution in [3.05, 3.63) is 5.32 Å². The van der Waals surface area contributed by atoms with Crippen molar-refractivity contribution >= 4 is 12.6 Å². The second-order valence-electron chi connectivity index (χ2n) is 2.17. The van der Waals surface area contributed by atoms with E-state index in [0.29, 0.717) is 0 Å². The molecule has 1 atom stereocenters. The van der Waals surface area contributed by atoms with Crippen LogP contribution in [0.1, 0.15) is 33.6 Å². The van der Waals surface area contributed by atoms with E-state index in [0.717, 1.165) is 18.7 Å². The maximum absolute atomic E-state index is 8.47. The van der Waals surface area contributed by atoms with Crippen molar-refractivity contribution in [1.82, 2.24) is 0 Å². The first-order valence-electron chi connectivity index (χ1n) is 4.70. The number of hydrogen-bond donors (Lipinski definition) is 1. The fraction of sp³-hybridized carbons (Fsp3) is 1.00. The van der Waals surface area contributed by atoms with Crippen molar-refractivity contribution in [3.8, 4) is 0 Å². The number of nitrogens with zero attached hydrogens (tertiary/aromatic N) is 1. The standard InChI is InChI=1S/C5H10NO.C2H6S.C2H6.W/c7-4-5-2-1-3-6-5;1-2-3;1-2;/h5,7H,1-4H2;3H,2H2,1H3;1-2H3;/q-1;;;+2/p-1. The van der Waals surface area contributed by atoms with E-state index < -0.39 is 0 Å². The predicted molar refractivity (Wildman–Crippen MR) is 57.6 cm³/mol.